The van der Waals surface area contributed by atoms with E-state index in [1.165, 1.54) is 6.42 Å². The molecule has 0 saturated carbocycles. The molecule has 0 spiro atoms. The molecule has 0 rings (SSSR count). The van der Waals surface area contributed by atoms with Gasteiger partial charge in [-0.15, -0.1) is 0 Å². The zero-order valence-electron chi connectivity index (χ0n) is 4.24. The second-order valence-electron chi connectivity index (χ2n) is 0.854. The van der Waals surface area contributed by atoms with Crippen molar-refractivity contribution in [1.29, 1.82) is 0 Å². The van der Waals surface area contributed by atoms with Crippen LogP contribution in [0.5, 0.6) is 0 Å². The zero-order chi connectivity index (χ0) is 5.41. The summed E-state index contributed by atoms with van der Waals surface area (Å²) < 4.78 is 8.28. The van der Waals surface area contributed by atoms with Gasteiger partial charge < -0.3 is 0 Å². The summed E-state index contributed by atoms with van der Waals surface area (Å²) in [6, 6.07) is 0. The SMILES string of the molecule is [CH2]CCC.[O]=[AlH]. The van der Waals surface area contributed by atoms with Gasteiger partial charge in [0.1, 0.15) is 0 Å². The van der Waals surface area contributed by atoms with E-state index in [9.17, 15) is 0 Å². The number of hydrogen-bond acceptors (Lipinski definition) is 1. The molecule has 1 nitrogen and oxygen atoms in total. The Morgan fingerprint density at radius 1 is 1.67 bits per heavy atom. The molecule has 0 aromatic heterocycles. The van der Waals surface area contributed by atoms with Crippen LogP contribution in [0.25, 0.3) is 0 Å². The van der Waals surface area contributed by atoms with Gasteiger partial charge in [0.15, 0.2) is 0 Å². The van der Waals surface area contributed by atoms with Crippen LogP contribution < -0.4 is 0 Å². The first-order valence-corrected chi connectivity index (χ1v) is 2.57. The van der Waals surface area contributed by atoms with Crippen molar-refractivity contribution in [2.24, 2.45) is 0 Å². The van der Waals surface area contributed by atoms with E-state index < -0.39 is 0 Å². The molecule has 0 aliphatic heterocycles. The fourth-order valence-electron chi connectivity index (χ4n) is 0. The molecule has 0 aromatic rings. The van der Waals surface area contributed by atoms with Crippen LogP contribution in [0.2, 0.25) is 0 Å². The third-order valence-electron chi connectivity index (χ3n) is 0.354. The summed E-state index contributed by atoms with van der Waals surface area (Å²) in [5, 5.41) is 0. The van der Waals surface area contributed by atoms with Crippen molar-refractivity contribution < 1.29 is 3.80 Å². The van der Waals surface area contributed by atoms with Gasteiger partial charge in [-0.1, -0.05) is 26.7 Å². The predicted octanol–water partition coefficient (Wildman–Crippen LogP) is 0.853. The van der Waals surface area contributed by atoms with Crippen molar-refractivity contribution in [3.05, 3.63) is 6.92 Å². The molecule has 0 unspecified atom stereocenters. The number of hydrogen-bond donors (Lipinski definition) is 0. The number of rotatable bonds is 1. The summed E-state index contributed by atoms with van der Waals surface area (Å²) in [7, 11) is 0. The molecular weight excluding hydrogens is 91.0 g/mol. The Morgan fingerprint density at radius 2 is 1.83 bits per heavy atom. The Labute approximate surface area is 47.4 Å². The van der Waals surface area contributed by atoms with Crippen LogP contribution in [0.1, 0.15) is 19.8 Å². The maximum absolute atomic E-state index is 8.28. The first-order chi connectivity index (χ1) is 2.91. The van der Waals surface area contributed by atoms with Gasteiger partial charge in [0.05, 0.1) is 0 Å². The van der Waals surface area contributed by atoms with Crippen LogP contribution in [-0.4, -0.2) is 16.2 Å². The Bertz CT molecular complexity index is 15.0. The Hall–Kier alpha value is 0.332. The fourth-order valence-corrected chi connectivity index (χ4v) is 0. The molecule has 0 amide bonds. The van der Waals surface area contributed by atoms with E-state index in [0.717, 1.165) is 6.42 Å². The quantitative estimate of drug-likeness (QED) is 0.447. The topological polar surface area (TPSA) is 17.1 Å². The van der Waals surface area contributed by atoms with Gasteiger partial charge in [0.2, 0.25) is 0 Å². The van der Waals surface area contributed by atoms with Gasteiger partial charge in [-0.2, -0.15) is 0 Å². The second-order valence-corrected chi connectivity index (χ2v) is 0.854. The van der Waals surface area contributed by atoms with Crippen LogP contribution >= 0.6 is 0 Å². The fraction of sp³-hybridized carbons (Fsp3) is 0.750. The van der Waals surface area contributed by atoms with Gasteiger partial charge in [-0.25, -0.2) is 0 Å². The van der Waals surface area contributed by atoms with Crippen LogP contribution in [-0.2, 0) is 3.80 Å². The summed E-state index contributed by atoms with van der Waals surface area (Å²) in [5.74, 6) is 0. The van der Waals surface area contributed by atoms with E-state index in [2.05, 4.69) is 13.8 Å². The van der Waals surface area contributed by atoms with Crippen molar-refractivity contribution in [3.8, 4) is 0 Å². The zero-order valence-corrected chi connectivity index (χ0v) is 5.65. The maximum atomic E-state index is 8.28. The first kappa shape index (κ1) is 9.59. The molecule has 0 heterocycles. The molecular formula is C4H10AlO. The summed E-state index contributed by atoms with van der Waals surface area (Å²) in [6.45, 7) is 5.72. The van der Waals surface area contributed by atoms with Crippen molar-refractivity contribution in [2.45, 2.75) is 19.8 Å². The Kier molecular flexibility index (Phi) is 29.4. The Balaban J connectivity index is 0. The van der Waals surface area contributed by atoms with E-state index in [0.29, 0.717) is 16.2 Å². The second kappa shape index (κ2) is 18.4. The molecule has 0 aliphatic carbocycles. The van der Waals surface area contributed by atoms with Gasteiger partial charge in [-0.05, 0) is 0 Å². The molecule has 0 bridgehead atoms. The van der Waals surface area contributed by atoms with Gasteiger partial charge >= 0.3 is 20.0 Å². The minimum atomic E-state index is 0.611. The van der Waals surface area contributed by atoms with Gasteiger partial charge in [0.25, 0.3) is 0 Å². The van der Waals surface area contributed by atoms with Crippen LogP contribution in [0.4, 0.5) is 0 Å². The molecule has 0 N–H and O–H groups in total. The summed E-state index contributed by atoms with van der Waals surface area (Å²) in [4.78, 5) is 0. The number of unbranched alkanes of at least 4 members (excludes halogenated alkanes) is 1. The van der Waals surface area contributed by atoms with Crippen molar-refractivity contribution in [1.82, 2.24) is 0 Å². The van der Waals surface area contributed by atoms with Gasteiger partial charge in [0, 0.05) is 0 Å². The molecule has 0 fully saturated rings. The molecule has 0 aliphatic rings. The van der Waals surface area contributed by atoms with E-state index in [-0.39, 0.29) is 0 Å². The van der Waals surface area contributed by atoms with Crippen LogP contribution in [0, 0.1) is 6.92 Å². The summed E-state index contributed by atoms with van der Waals surface area (Å²) in [6.07, 6.45) is 2.28. The molecule has 1 radical (unpaired) electrons. The standard InChI is InChI=1S/C4H9.Al.O.H/c1-3-4-2;;;/h1,3-4H2,2H3;;;. The third-order valence-corrected chi connectivity index (χ3v) is 0.354. The molecule has 0 atom stereocenters. The van der Waals surface area contributed by atoms with Crippen LogP contribution in [0.3, 0.4) is 0 Å². The van der Waals surface area contributed by atoms with Crippen molar-refractivity contribution in [2.75, 3.05) is 0 Å². The van der Waals surface area contributed by atoms with Crippen molar-refractivity contribution in [3.63, 3.8) is 0 Å². The molecule has 0 aromatic carbocycles. The van der Waals surface area contributed by atoms with E-state index in [1.54, 1.807) is 0 Å². The molecule has 0 saturated heterocycles. The molecule has 6 heavy (non-hydrogen) atoms. The molecule has 2 heteroatoms. The van der Waals surface area contributed by atoms with Crippen molar-refractivity contribution >= 4 is 16.2 Å². The predicted molar refractivity (Wildman–Crippen MR) is 28.1 cm³/mol. The van der Waals surface area contributed by atoms with Crippen LogP contribution in [0.15, 0.2) is 0 Å². The van der Waals surface area contributed by atoms with E-state index >= 15 is 0 Å². The average molecular weight is 101 g/mol. The molecule has 35 valence electrons. The van der Waals surface area contributed by atoms with Gasteiger partial charge in [-0.3, -0.25) is 0 Å². The normalized spacial score (nSPS) is 5.50. The third kappa shape index (κ3) is 27.1. The Morgan fingerprint density at radius 3 is 1.83 bits per heavy atom. The first-order valence-electron chi connectivity index (χ1n) is 2.00. The minimum absolute atomic E-state index is 0.611. The summed E-state index contributed by atoms with van der Waals surface area (Å²) in [5.41, 5.74) is 0. The van der Waals surface area contributed by atoms with E-state index in [1.807, 2.05) is 0 Å². The summed E-state index contributed by atoms with van der Waals surface area (Å²) >= 11 is 0.611. The monoisotopic (exact) mass is 101 g/mol. The average Bonchev–Trinajstić information content (AvgIpc) is 1.72. The van der Waals surface area contributed by atoms with E-state index in [4.69, 9.17) is 3.80 Å².